The summed E-state index contributed by atoms with van der Waals surface area (Å²) in [5, 5.41) is 7.63. The van der Waals surface area contributed by atoms with Gasteiger partial charge in [-0.15, -0.1) is 0 Å². The van der Waals surface area contributed by atoms with Gasteiger partial charge in [0.2, 0.25) is 0 Å². The maximum Gasteiger partial charge on any atom is 0.251 e. The van der Waals surface area contributed by atoms with Crippen LogP contribution in [0.15, 0.2) is 60.8 Å². The Morgan fingerprint density at radius 2 is 1.84 bits per heavy atom. The molecule has 0 fully saturated rings. The van der Waals surface area contributed by atoms with E-state index in [1.54, 1.807) is 35.1 Å². The van der Waals surface area contributed by atoms with Crippen LogP contribution in [0.25, 0.3) is 0 Å². The summed E-state index contributed by atoms with van der Waals surface area (Å²) in [4.78, 5) is 12.2. The first kappa shape index (κ1) is 17.0. The second-order valence-electron chi connectivity index (χ2n) is 5.57. The number of aromatic nitrogens is 2. The molecule has 6 heteroatoms. The molecule has 0 saturated heterocycles. The van der Waals surface area contributed by atoms with Gasteiger partial charge in [0.15, 0.2) is 0 Å². The van der Waals surface area contributed by atoms with E-state index in [9.17, 15) is 4.79 Å². The molecule has 1 amide bonds. The number of nitrogens with one attached hydrogen (secondary N) is 1. The van der Waals surface area contributed by atoms with Crippen molar-refractivity contribution in [1.82, 2.24) is 15.1 Å². The predicted molar refractivity (Wildman–Crippen MR) is 96.6 cm³/mol. The van der Waals surface area contributed by atoms with Crippen molar-refractivity contribution in [3.63, 3.8) is 0 Å². The van der Waals surface area contributed by atoms with Gasteiger partial charge in [0.1, 0.15) is 12.4 Å². The molecular formula is C19H18ClN3O2. The largest absolute Gasteiger partial charge is 0.489 e. The number of halogens is 1. The van der Waals surface area contributed by atoms with Crippen LogP contribution in [0.3, 0.4) is 0 Å². The molecule has 0 saturated carbocycles. The van der Waals surface area contributed by atoms with E-state index >= 15 is 0 Å². The molecule has 2 aromatic carbocycles. The number of hydrogen-bond donors (Lipinski definition) is 1. The van der Waals surface area contributed by atoms with Crippen LogP contribution in [0.4, 0.5) is 0 Å². The van der Waals surface area contributed by atoms with Crippen molar-refractivity contribution in [2.24, 2.45) is 7.05 Å². The maximum atomic E-state index is 12.2. The summed E-state index contributed by atoms with van der Waals surface area (Å²) in [5.41, 5.74) is 2.54. The Labute approximate surface area is 151 Å². The first-order chi connectivity index (χ1) is 12.1. The SMILES string of the molecule is Cn1nccc1CNC(=O)c1ccc(COc2ccc(Cl)cc2)cc1. The quantitative estimate of drug-likeness (QED) is 0.735. The maximum absolute atomic E-state index is 12.2. The second-order valence-corrected chi connectivity index (χ2v) is 6.00. The molecule has 25 heavy (non-hydrogen) atoms. The van der Waals surface area contributed by atoms with E-state index in [4.69, 9.17) is 16.3 Å². The number of hydrogen-bond acceptors (Lipinski definition) is 3. The fraction of sp³-hybridized carbons (Fsp3) is 0.158. The van der Waals surface area contributed by atoms with Crippen molar-refractivity contribution in [2.75, 3.05) is 0 Å². The van der Waals surface area contributed by atoms with Crippen molar-refractivity contribution in [2.45, 2.75) is 13.2 Å². The molecule has 0 spiro atoms. The monoisotopic (exact) mass is 355 g/mol. The van der Waals surface area contributed by atoms with Crippen LogP contribution in [0.5, 0.6) is 5.75 Å². The number of carbonyl (C=O) groups is 1. The van der Waals surface area contributed by atoms with Gasteiger partial charge in [-0.3, -0.25) is 9.48 Å². The van der Waals surface area contributed by atoms with Crippen molar-refractivity contribution < 1.29 is 9.53 Å². The van der Waals surface area contributed by atoms with Crippen LogP contribution < -0.4 is 10.1 Å². The van der Waals surface area contributed by atoms with E-state index in [1.165, 1.54) is 0 Å². The van der Waals surface area contributed by atoms with Gasteiger partial charge in [-0.05, 0) is 48.0 Å². The molecule has 3 aromatic rings. The summed E-state index contributed by atoms with van der Waals surface area (Å²) >= 11 is 5.84. The van der Waals surface area contributed by atoms with Crippen molar-refractivity contribution >= 4 is 17.5 Å². The molecule has 1 N–H and O–H groups in total. The third kappa shape index (κ3) is 4.61. The third-order valence-corrected chi connectivity index (χ3v) is 4.04. The molecule has 0 aliphatic carbocycles. The zero-order chi connectivity index (χ0) is 17.6. The van der Waals surface area contributed by atoms with Crippen LogP contribution in [-0.4, -0.2) is 15.7 Å². The summed E-state index contributed by atoms with van der Waals surface area (Å²) in [6.45, 7) is 0.870. The second kappa shape index (κ2) is 7.85. The zero-order valence-electron chi connectivity index (χ0n) is 13.8. The lowest BCUT2D eigenvalue weighted by Crippen LogP contribution is -2.24. The van der Waals surface area contributed by atoms with Crippen LogP contribution in [0.2, 0.25) is 5.02 Å². The minimum Gasteiger partial charge on any atom is -0.489 e. The lowest BCUT2D eigenvalue weighted by atomic mass is 10.1. The average Bonchev–Trinajstić information content (AvgIpc) is 3.04. The van der Waals surface area contributed by atoms with Gasteiger partial charge in [-0.2, -0.15) is 5.10 Å². The number of ether oxygens (including phenoxy) is 1. The van der Waals surface area contributed by atoms with Crippen molar-refractivity contribution in [3.8, 4) is 5.75 Å². The Hall–Kier alpha value is -2.79. The van der Waals surface area contributed by atoms with E-state index in [0.717, 1.165) is 17.0 Å². The van der Waals surface area contributed by atoms with Gasteiger partial charge in [0.25, 0.3) is 5.91 Å². The number of amides is 1. The molecule has 3 rings (SSSR count). The zero-order valence-corrected chi connectivity index (χ0v) is 14.5. The van der Waals surface area contributed by atoms with Crippen LogP contribution in [0, 0.1) is 0 Å². The van der Waals surface area contributed by atoms with E-state index in [1.807, 2.05) is 37.4 Å². The molecule has 0 aliphatic heterocycles. The summed E-state index contributed by atoms with van der Waals surface area (Å²) in [6.07, 6.45) is 1.71. The first-order valence-electron chi connectivity index (χ1n) is 7.84. The van der Waals surface area contributed by atoms with Gasteiger partial charge in [0, 0.05) is 23.8 Å². The molecule has 0 unspecified atom stereocenters. The Balaban J connectivity index is 1.53. The van der Waals surface area contributed by atoms with Crippen LogP contribution in [0.1, 0.15) is 21.6 Å². The number of aryl methyl sites for hydroxylation is 1. The molecule has 0 atom stereocenters. The third-order valence-electron chi connectivity index (χ3n) is 3.79. The van der Waals surface area contributed by atoms with Crippen molar-refractivity contribution in [1.29, 1.82) is 0 Å². The smallest absolute Gasteiger partial charge is 0.251 e. The summed E-state index contributed by atoms with van der Waals surface area (Å²) in [6, 6.07) is 16.4. The average molecular weight is 356 g/mol. The topological polar surface area (TPSA) is 56.2 Å². The molecule has 128 valence electrons. The number of benzene rings is 2. The summed E-state index contributed by atoms with van der Waals surface area (Å²) in [5.74, 6) is 0.633. The van der Waals surface area contributed by atoms with Gasteiger partial charge in [-0.1, -0.05) is 23.7 Å². The highest BCUT2D eigenvalue weighted by Crippen LogP contribution is 2.17. The molecule has 5 nitrogen and oxygen atoms in total. The van der Waals surface area contributed by atoms with Gasteiger partial charge in [0.05, 0.1) is 12.2 Å². The molecule has 0 bridgehead atoms. The minimum absolute atomic E-state index is 0.119. The fourth-order valence-corrected chi connectivity index (χ4v) is 2.42. The van der Waals surface area contributed by atoms with Gasteiger partial charge >= 0.3 is 0 Å². The van der Waals surface area contributed by atoms with E-state index in [2.05, 4.69) is 10.4 Å². The lowest BCUT2D eigenvalue weighted by molar-refractivity contribution is 0.0950. The number of nitrogens with zero attached hydrogens (tertiary/aromatic N) is 2. The van der Waals surface area contributed by atoms with Crippen molar-refractivity contribution in [3.05, 3.63) is 82.6 Å². The molecule has 1 heterocycles. The minimum atomic E-state index is -0.119. The van der Waals surface area contributed by atoms with E-state index < -0.39 is 0 Å². The predicted octanol–water partition coefficient (Wildman–Crippen LogP) is 3.58. The molecule has 0 aliphatic rings. The highest BCUT2D eigenvalue weighted by atomic mass is 35.5. The van der Waals surface area contributed by atoms with Gasteiger partial charge < -0.3 is 10.1 Å². The number of rotatable bonds is 6. The molecule has 1 aromatic heterocycles. The molecular weight excluding hydrogens is 338 g/mol. The molecule has 0 radical (unpaired) electrons. The normalized spacial score (nSPS) is 10.5. The Kier molecular flexibility index (Phi) is 5.36. The van der Waals surface area contributed by atoms with Gasteiger partial charge in [-0.25, -0.2) is 0 Å². The Morgan fingerprint density at radius 3 is 2.48 bits per heavy atom. The van der Waals surface area contributed by atoms with Crippen LogP contribution >= 0.6 is 11.6 Å². The standard InChI is InChI=1S/C19H18ClN3O2/c1-23-17(10-11-22-23)12-21-19(24)15-4-2-14(3-5-15)13-25-18-8-6-16(20)7-9-18/h2-11H,12-13H2,1H3,(H,21,24). The van der Waals surface area contributed by atoms with E-state index in [0.29, 0.717) is 23.7 Å². The highest BCUT2D eigenvalue weighted by Gasteiger charge is 2.07. The highest BCUT2D eigenvalue weighted by molar-refractivity contribution is 6.30. The fourth-order valence-electron chi connectivity index (χ4n) is 2.30. The van der Waals surface area contributed by atoms with E-state index in [-0.39, 0.29) is 5.91 Å². The Bertz CT molecular complexity index is 842. The lowest BCUT2D eigenvalue weighted by Gasteiger charge is -2.08. The van der Waals surface area contributed by atoms with Crippen LogP contribution in [-0.2, 0) is 20.2 Å². The number of carbonyl (C=O) groups excluding carboxylic acids is 1. The summed E-state index contributed by atoms with van der Waals surface area (Å²) in [7, 11) is 1.84. The summed E-state index contributed by atoms with van der Waals surface area (Å²) < 4.78 is 7.42. The Morgan fingerprint density at radius 1 is 1.12 bits per heavy atom. The first-order valence-corrected chi connectivity index (χ1v) is 8.22.